The average Bonchev–Trinajstić information content (AvgIpc) is 2.98. The molecule has 1 saturated carbocycles. The molecule has 1 aliphatic heterocycles. The van der Waals surface area contributed by atoms with Gasteiger partial charge in [0, 0.05) is 12.0 Å². The van der Waals surface area contributed by atoms with Crippen molar-refractivity contribution in [2.45, 2.75) is 32.1 Å². The number of halogens is 1. The van der Waals surface area contributed by atoms with Gasteiger partial charge in [-0.1, -0.05) is 25.1 Å². The summed E-state index contributed by atoms with van der Waals surface area (Å²) in [5.74, 6) is -0.962. The largest absolute Gasteiger partial charge is 0.389 e. The maximum atomic E-state index is 13.4. The van der Waals surface area contributed by atoms with Gasteiger partial charge in [-0.3, -0.25) is 9.59 Å². The lowest BCUT2D eigenvalue weighted by atomic mass is 9.84. The van der Waals surface area contributed by atoms with Gasteiger partial charge in [-0.25, -0.2) is 9.29 Å². The van der Waals surface area contributed by atoms with E-state index in [4.69, 9.17) is 18.0 Å². The van der Waals surface area contributed by atoms with Crippen molar-refractivity contribution in [2.24, 2.45) is 11.1 Å². The second kappa shape index (κ2) is 4.87. The Morgan fingerprint density at radius 2 is 1.95 bits per heavy atom. The van der Waals surface area contributed by atoms with Crippen LogP contribution in [-0.4, -0.2) is 16.8 Å². The zero-order valence-electron chi connectivity index (χ0n) is 11.4. The van der Waals surface area contributed by atoms with Crippen LogP contribution in [0.5, 0.6) is 0 Å². The molecular formula is C15H15FN2O2S. The van der Waals surface area contributed by atoms with E-state index in [-0.39, 0.29) is 28.8 Å². The van der Waals surface area contributed by atoms with Crippen molar-refractivity contribution in [1.82, 2.24) is 0 Å². The normalized spacial score (nSPS) is 20.5. The van der Waals surface area contributed by atoms with E-state index in [0.29, 0.717) is 5.69 Å². The third-order valence-electron chi connectivity index (χ3n) is 4.42. The van der Waals surface area contributed by atoms with Crippen LogP contribution in [-0.2, 0) is 9.59 Å². The number of nitrogens with zero attached hydrogens (tertiary/aromatic N) is 1. The molecule has 2 amide bonds. The molecule has 1 aliphatic carbocycles. The molecule has 0 radical (unpaired) electrons. The van der Waals surface area contributed by atoms with Crippen LogP contribution in [0, 0.1) is 11.2 Å². The molecule has 1 aromatic carbocycles. The predicted molar refractivity (Wildman–Crippen MR) is 80.3 cm³/mol. The number of benzene rings is 1. The van der Waals surface area contributed by atoms with Crippen molar-refractivity contribution in [1.29, 1.82) is 0 Å². The van der Waals surface area contributed by atoms with Crippen LogP contribution in [0.1, 0.15) is 37.7 Å². The lowest BCUT2D eigenvalue weighted by Gasteiger charge is -2.22. The number of nitrogens with two attached hydrogens (primary N) is 1. The summed E-state index contributed by atoms with van der Waals surface area (Å²) in [6.07, 6.45) is 3.60. The minimum absolute atomic E-state index is 0.0301. The molecule has 21 heavy (non-hydrogen) atoms. The van der Waals surface area contributed by atoms with E-state index in [1.807, 2.05) is 0 Å². The van der Waals surface area contributed by atoms with E-state index in [9.17, 15) is 14.0 Å². The fourth-order valence-corrected chi connectivity index (χ4v) is 3.54. The molecule has 1 heterocycles. The highest BCUT2D eigenvalue weighted by Crippen LogP contribution is 2.48. The number of rotatable bonds is 2. The van der Waals surface area contributed by atoms with Crippen molar-refractivity contribution < 1.29 is 14.0 Å². The first-order chi connectivity index (χ1) is 9.94. The van der Waals surface area contributed by atoms with Gasteiger partial charge in [-0.2, -0.15) is 0 Å². The first-order valence-corrected chi connectivity index (χ1v) is 7.32. The number of anilines is 1. The highest BCUT2D eigenvalue weighted by Gasteiger charge is 2.53. The maximum absolute atomic E-state index is 13.4. The van der Waals surface area contributed by atoms with Crippen molar-refractivity contribution in [3.05, 3.63) is 29.6 Å². The van der Waals surface area contributed by atoms with Crippen LogP contribution >= 0.6 is 12.2 Å². The zero-order chi connectivity index (χ0) is 15.2. The molecule has 1 spiro atoms. The van der Waals surface area contributed by atoms with E-state index in [1.165, 1.54) is 12.1 Å². The molecule has 1 saturated heterocycles. The molecule has 1 aromatic rings. The van der Waals surface area contributed by atoms with E-state index in [1.54, 1.807) is 0 Å². The third-order valence-corrected chi connectivity index (χ3v) is 4.64. The number of amides is 2. The molecule has 2 N–H and O–H groups in total. The predicted octanol–water partition coefficient (Wildman–Crippen LogP) is 2.28. The third kappa shape index (κ3) is 2.14. The van der Waals surface area contributed by atoms with E-state index < -0.39 is 11.2 Å². The number of hydrogen-bond acceptors (Lipinski definition) is 3. The topological polar surface area (TPSA) is 63.4 Å². The Kier molecular flexibility index (Phi) is 3.28. The van der Waals surface area contributed by atoms with Gasteiger partial charge in [0.1, 0.15) is 10.8 Å². The van der Waals surface area contributed by atoms with Crippen molar-refractivity contribution in [3.63, 3.8) is 0 Å². The fourth-order valence-electron chi connectivity index (χ4n) is 3.38. The molecule has 0 bridgehead atoms. The second-order valence-electron chi connectivity index (χ2n) is 5.72. The monoisotopic (exact) mass is 306 g/mol. The Morgan fingerprint density at radius 3 is 2.57 bits per heavy atom. The summed E-state index contributed by atoms with van der Waals surface area (Å²) in [7, 11) is 0. The first-order valence-electron chi connectivity index (χ1n) is 6.91. The molecule has 0 atom stereocenters. The summed E-state index contributed by atoms with van der Waals surface area (Å²) in [5.41, 5.74) is 5.55. The number of hydrogen-bond donors (Lipinski definition) is 1. The summed E-state index contributed by atoms with van der Waals surface area (Å²) < 4.78 is 13.4. The lowest BCUT2D eigenvalue weighted by molar-refractivity contribution is -0.125. The fraction of sp³-hybridized carbons (Fsp3) is 0.400. The van der Waals surface area contributed by atoms with Gasteiger partial charge in [-0.05, 0) is 31.0 Å². The van der Waals surface area contributed by atoms with Crippen LogP contribution in [0.3, 0.4) is 0 Å². The summed E-state index contributed by atoms with van der Waals surface area (Å²) >= 11 is 4.91. The average molecular weight is 306 g/mol. The molecule has 0 unspecified atom stereocenters. The Bertz CT molecular complexity index is 653. The van der Waals surface area contributed by atoms with E-state index >= 15 is 0 Å². The van der Waals surface area contributed by atoms with Gasteiger partial charge in [0.15, 0.2) is 0 Å². The molecule has 3 rings (SSSR count). The van der Waals surface area contributed by atoms with Gasteiger partial charge < -0.3 is 5.73 Å². The van der Waals surface area contributed by atoms with Crippen LogP contribution in [0.2, 0.25) is 0 Å². The van der Waals surface area contributed by atoms with Crippen LogP contribution in [0.4, 0.5) is 10.1 Å². The molecule has 2 fully saturated rings. The number of carbonyl (C=O) groups excluding carboxylic acids is 2. The number of thiocarbonyl (C=S) groups is 1. The molecule has 4 nitrogen and oxygen atoms in total. The molecular weight excluding hydrogens is 291 g/mol. The van der Waals surface area contributed by atoms with E-state index in [0.717, 1.165) is 36.6 Å². The first kappa shape index (κ1) is 14.1. The minimum atomic E-state index is -0.570. The summed E-state index contributed by atoms with van der Waals surface area (Å²) in [5, 5.41) is 0. The van der Waals surface area contributed by atoms with Crippen LogP contribution < -0.4 is 10.6 Å². The number of carbonyl (C=O) groups is 2. The van der Waals surface area contributed by atoms with Gasteiger partial charge in [-0.15, -0.1) is 0 Å². The lowest BCUT2D eigenvalue weighted by Crippen LogP contribution is -2.35. The van der Waals surface area contributed by atoms with Crippen molar-refractivity contribution >= 4 is 34.7 Å². The molecule has 6 heteroatoms. The SMILES string of the molecule is NC(=S)c1cc(F)ccc1N1C(=O)CC2(CCCC2)C1=O. The van der Waals surface area contributed by atoms with Gasteiger partial charge >= 0.3 is 0 Å². The summed E-state index contributed by atoms with van der Waals surface area (Å²) in [6, 6.07) is 3.77. The Labute approximate surface area is 127 Å². The van der Waals surface area contributed by atoms with Gasteiger partial charge in [0.05, 0.1) is 11.1 Å². The standard InChI is InChI=1S/C15H15FN2O2S/c16-9-3-4-11(10(7-9)13(17)21)18-12(19)8-15(14(18)20)5-1-2-6-15/h3-4,7H,1-2,5-6,8H2,(H2,17,21). The number of imide groups is 1. The van der Waals surface area contributed by atoms with Gasteiger partial charge in [0.2, 0.25) is 11.8 Å². The van der Waals surface area contributed by atoms with Crippen LogP contribution in [0.25, 0.3) is 0 Å². The second-order valence-corrected chi connectivity index (χ2v) is 6.16. The molecule has 2 aliphatic rings. The minimum Gasteiger partial charge on any atom is -0.389 e. The highest BCUT2D eigenvalue weighted by molar-refractivity contribution is 7.80. The smallest absolute Gasteiger partial charge is 0.240 e. The molecule has 0 aromatic heterocycles. The zero-order valence-corrected chi connectivity index (χ0v) is 12.2. The quantitative estimate of drug-likeness (QED) is 0.672. The Morgan fingerprint density at radius 1 is 1.29 bits per heavy atom. The van der Waals surface area contributed by atoms with Crippen molar-refractivity contribution in [2.75, 3.05) is 4.90 Å². The van der Waals surface area contributed by atoms with Crippen molar-refractivity contribution in [3.8, 4) is 0 Å². The summed E-state index contributed by atoms with van der Waals surface area (Å²) in [4.78, 5) is 26.2. The Balaban J connectivity index is 2.07. The Hall–Kier alpha value is -1.82. The highest BCUT2D eigenvalue weighted by atomic mass is 32.1. The van der Waals surface area contributed by atoms with Crippen LogP contribution in [0.15, 0.2) is 18.2 Å². The van der Waals surface area contributed by atoms with Gasteiger partial charge in [0.25, 0.3) is 0 Å². The van der Waals surface area contributed by atoms with E-state index in [2.05, 4.69) is 0 Å². The summed E-state index contributed by atoms with van der Waals surface area (Å²) in [6.45, 7) is 0. The maximum Gasteiger partial charge on any atom is 0.240 e. The molecule has 110 valence electrons.